The third kappa shape index (κ3) is 2.14. The van der Waals surface area contributed by atoms with E-state index in [0.717, 1.165) is 34.1 Å². The molecule has 0 aliphatic heterocycles. The van der Waals surface area contributed by atoms with E-state index in [0.29, 0.717) is 12.1 Å². The van der Waals surface area contributed by atoms with Gasteiger partial charge in [-0.3, -0.25) is 9.36 Å². The number of aromatic amines is 1. The SMILES string of the molecule is Cc1ccc2c(c1)c1ncn(CCc3cnc[nH]3)c(=O)c1n2C. The topological polar surface area (TPSA) is 68.5 Å². The number of aromatic nitrogens is 5. The Morgan fingerprint density at radius 2 is 2.17 bits per heavy atom. The first-order chi connectivity index (χ1) is 11.1. The molecule has 0 fully saturated rings. The Morgan fingerprint density at radius 3 is 2.96 bits per heavy atom. The van der Waals surface area contributed by atoms with E-state index >= 15 is 0 Å². The number of H-pyrrole nitrogens is 1. The van der Waals surface area contributed by atoms with Crippen LogP contribution in [0.4, 0.5) is 0 Å². The van der Waals surface area contributed by atoms with Crippen LogP contribution in [0.2, 0.25) is 0 Å². The predicted octanol–water partition coefficient (Wildman–Crippen LogP) is 2.16. The molecule has 3 aromatic heterocycles. The monoisotopic (exact) mass is 307 g/mol. The highest BCUT2D eigenvalue weighted by Gasteiger charge is 2.14. The summed E-state index contributed by atoms with van der Waals surface area (Å²) in [7, 11) is 1.92. The fourth-order valence-electron chi connectivity index (χ4n) is 3.05. The van der Waals surface area contributed by atoms with Gasteiger partial charge in [-0.25, -0.2) is 9.97 Å². The first-order valence-corrected chi connectivity index (χ1v) is 7.56. The predicted molar refractivity (Wildman–Crippen MR) is 89.5 cm³/mol. The molecule has 0 aliphatic carbocycles. The summed E-state index contributed by atoms with van der Waals surface area (Å²) in [6.45, 7) is 2.62. The first kappa shape index (κ1) is 13.8. The van der Waals surface area contributed by atoms with Crippen LogP contribution in [0.15, 0.2) is 41.8 Å². The van der Waals surface area contributed by atoms with Crippen molar-refractivity contribution in [2.45, 2.75) is 19.9 Å². The molecule has 0 atom stereocenters. The molecule has 0 amide bonds. The molecule has 0 aliphatic rings. The second-order valence-corrected chi connectivity index (χ2v) is 5.85. The van der Waals surface area contributed by atoms with Gasteiger partial charge in [-0.05, 0) is 19.1 Å². The second kappa shape index (κ2) is 5.08. The highest BCUT2D eigenvalue weighted by molar-refractivity contribution is 6.05. The third-order valence-electron chi connectivity index (χ3n) is 4.29. The molecule has 0 bridgehead atoms. The van der Waals surface area contributed by atoms with E-state index in [9.17, 15) is 4.79 Å². The number of nitrogens with zero attached hydrogens (tertiary/aromatic N) is 4. The summed E-state index contributed by atoms with van der Waals surface area (Å²) in [5, 5.41) is 1.03. The van der Waals surface area contributed by atoms with Crippen molar-refractivity contribution in [3.8, 4) is 0 Å². The highest BCUT2D eigenvalue weighted by atomic mass is 16.1. The van der Waals surface area contributed by atoms with Crippen molar-refractivity contribution < 1.29 is 0 Å². The van der Waals surface area contributed by atoms with E-state index in [2.05, 4.69) is 27.1 Å². The van der Waals surface area contributed by atoms with Crippen LogP contribution in [-0.2, 0) is 20.0 Å². The number of rotatable bonds is 3. The van der Waals surface area contributed by atoms with Crippen molar-refractivity contribution in [1.29, 1.82) is 0 Å². The number of nitrogens with one attached hydrogen (secondary N) is 1. The smallest absolute Gasteiger partial charge is 0.277 e. The van der Waals surface area contributed by atoms with E-state index in [1.807, 2.05) is 24.6 Å². The molecule has 0 spiro atoms. The van der Waals surface area contributed by atoms with Gasteiger partial charge in [0.2, 0.25) is 0 Å². The molecule has 4 aromatic rings. The second-order valence-electron chi connectivity index (χ2n) is 5.85. The summed E-state index contributed by atoms with van der Waals surface area (Å²) in [6, 6.07) is 6.18. The summed E-state index contributed by atoms with van der Waals surface area (Å²) in [5.74, 6) is 0. The summed E-state index contributed by atoms with van der Waals surface area (Å²) in [6.07, 6.45) is 5.78. The Labute approximate surface area is 132 Å². The third-order valence-corrected chi connectivity index (χ3v) is 4.29. The van der Waals surface area contributed by atoms with Gasteiger partial charge in [0.25, 0.3) is 5.56 Å². The van der Waals surface area contributed by atoms with Crippen LogP contribution in [0.25, 0.3) is 21.9 Å². The lowest BCUT2D eigenvalue weighted by atomic mass is 10.1. The zero-order valence-corrected chi connectivity index (χ0v) is 13.1. The minimum atomic E-state index is -0.00846. The van der Waals surface area contributed by atoms with Gasteiger partial charge in [-0.15, -0.1) is 0 Å². The van der Waals surface area contributed by atoms with Crippen LogP contribution < -0.4 is 5.56 Å². The van der Waals surface area contributed by atoms with E-state index in [4.69, 9.17) is 0 Å². The summed E-state index contributed by atoms with van der Waals surface area (Å²) < 4.78 is 3.60. The lowest BCUT2D eigenvalue weighted by Gasteiger charge is -2.05. The van der Waals surface area contributed by atoms with Crippen LogP contribution in [0.5, 0.6) is 0 Å². The van der Waals surface area contributed by atoms with Crippen LogP contribution >= 0.6 is 0 Å². The van der Waals surface area contributed by atoms with Gasteiger partial charge in [0.1, 0.15) is 11.0 Å². The number of hydrogen-bond acceptors (Lipinski definition) is 3. The molecule has 23 heavy (non-hydrogen) atoms. The standard InChI is InChI=1S/C17H17N5O/c1-11-3-4-14-13(7-11)15-16(21(14)2)17(23)22(10-20-15)6-5-12-8-18-9-19-12/h3-4,7-10H,5-6H2,1-2H3,(H,18,19). The van der Waals surface area contributed by atoms with Crippen LogP contribution in [0, 0.1) is 6.92 Å². The highest BCUT2D eigenvalue weighted by Crippen LogP contribution is 2.25. The van der Waals surface area contributed by atoms with Gasteiger partial charge in [-0.1, -0.05) is 11.6 Å². The van der Waals surface area contributed by atoms with Crippen LogP contribution in [0.1, 0.15) is 11.3 Å². The number of imidazole rings is 1. The molecule has 116 valence electrons. The maximum atomic E-state index is 12.8. The maximum absolute atomic E-state index is 12.8. The lowest BCUT2D eigenvalue weighted by Crippen LogP contribution is -2.23. The quantitative estimate of drug-likeness (QED) is 0.630. The van der Waals surface area contributed by atoms with E-state index < -0.39 is 0 Å². The van der Waals surface area contributed by atoms with Gasteiger partial charge >= 0.3 is 0 Å². The number of benzene rings is 1. The molecule has 0 saturated carbocycles. The first-order valence-electron chi connectivity index (χ1n) is 7.56. The van der Waals surface area contributed by atoms with Crippen molar-refractivity contribution in [2.24, 2.45) is 7.05 Å². The van der Waals surface area contributed by atoms with Gasteiger partial charge in [0.05, 0.1) is 18.2 Å². The largest absolute Gasteiger partial charge is 0.348 e. The van der Waals surface area contributed by atoms with Crippen molar-refractivity contribution in [1.82, 2.24) is 24.1 Å². The van der Waals surface area contributed by atoms with Gasteiger partial charge in [0.15, 0.2) is 0 Å². The van der Waals surface area contributed by atoms with Crippen LogP contribution in [-0.4, -0.2) is 24.1 Å². The van der Waals surface area contributed by atoms with Crippen molar-refractivity contribution >= 4 is 21.9 Å². The zero-order valence-electron chi connectivity index (χ0n) is 13.1. The molecule has 6 nitrogen and oxygen atoms in total. The molecule has 6 heteroatoms. The average molecular weight is 307 g/mol. The van der Waals surface area contributed by atoms with Crippen molar-refractivity contribution in [2.75, 3.05) is 0 Å². The van der Waals surface area contributed by atoms with E-state index in [1.54, 1.807) is 23.4 Å². The Hall–Kier alpha value is -2.89. The Morgan fingerprint density at radius 1 is 1.30 bits per heavy atom. The summed E-state index contributed by atoms with van der Waals surface area (Å²) >= 11 is 0. The van der Waals surface area contributed by atoms with Gasteiger partial charge in [-0.2, -0.15) is 0 Å². The normalized spacial score (nSPS) is 11.6. The minimum absolute atomic E-state index is 0.00846. The maximum Gasteiger partial charge on any atom is 0.277 e. The Bertz CT molecular complexity index is 1060. The molecule has 1 aromatic carbocycles. The molecule has 4 rings (SSSR count). The molecular weight excluding hydrogens is 290 g/mol. The van der Waals surface area contributed by atoms with Crippen molar-refractivity contribution in [3.05, 3.63) is 58.7 Å². The number of aryl methyl sites for hydroxylation is 4. The summed E-state index contributed by atoms with van der Waals surface area (Å²) in [5.41, 5.74) is 4.61. The molecule has 0 saturated heterocycles. The van der Waals surface area contributed by atoms with E-state index in [1.165, 1.54) is 0 Å². The molecule has 1 N–H and O–H groups in total. The fourth-order valence-corrected chi connectivity index (χ4v) is 3.05. The minimum Gasteiger partial charge on any atom is -0.348 e. The fraction of sp³-hybridized carbons (Fsp3) is 0.235. The van der Waals surface area contributed by atoms with Gasteiger partial charge < -0.3 is 9.55 Å². The number of fused-ring (bicyclic) bond motifs is 3. The average Bonchev–Trinajstić information content (AvgIpc) is 3.14. The Balaban J connectivity index is 1.86. The van der Waals surface area contributed by atoms with E-state index in [-0.39, 0.29) is 5.56 Å². The molecule has 3 heterocycles. The zero-order chi connectivity index (χ0) is 16.0. The summed E-state index contributed by atoms with van der Waals surface area (Å²) in [4.78, 5) is 24.4. The van der Waals surface area contributed by atoms with Crippen LogP contribution in [0.3, 0.4) is 0 Å². The molecular formula is C17H17N5O. The number of hydrogen-bond donors (Lipinski definition) is 1. The van der Waals surface area contributed by atoms with Crippen molar-refractivity contribution in [3.63, 3.8) is 0 Å². The molecule has 0 radical (unpaired) electrons. The van der Waals surface area contributed by atoms with Gasteiger partial charge in [0, 0.05) is 37.3 Å². The lowest BCUT2D eigenvalue weighted by molar-refractivity contribution is 0.653. The molecule has 0 unspecified atom stereocenters. The Kier molecular flexibility index (Phi) is 3.04.